The zero-order valence-electron chi connectivity index (χ0n) is 10.9. The second kappa shape index (κ2) is 6.69. The summed E-state index contributed by atoms with van der Waals surface area (Å²) in [4.78, 5) is 0. The van der Waals surface area contributed by atoms with Crippen molar-refractivity contribution in [2.45, 2.75) is 19.6 Å². The Kier molecular flexibility index (Phi) is 4.93. The summed E-state index contributed by atoms with van der Waals surface area (Å²) in [6.07, 6.45) is 0. The van der Waals surface area contributed by atoms with Gasteiger partial charge in [-0.2, -0.15) is 0 Å². The summed E-state index contributed by atoms with van der Waals surface area (Å²) in [5, 5.41) is 3.47. The van der Waals surface area contributed by atoms with E-state index in [1.54, 1.807) is 0 Å². The lowest BCUT2D eigenvalue weighted by molar-refractivity contribution is 0.0775. The van der Waals surface area contributed by atoms with E-state index < -0.39 is 0 Å². The van der Waals surface area contributed by atoms with Crippen molar-refractivity contribution in [1.82, 2.24) is 5.32 Å². The minimum atomic E-state index is 0.281. The summed E-state index contributed by atoms with van der Waals surface area (Å²) in [5.74, 6) is 0. The van der Waals surface area contributed by atoms with E-state index in [1.807, 2.05) is 6.92 Å². The van der Waals surface area contributed by atoms with Crippen LogP contribution >= 0.6 is 0 Å². The molecule has 1 aliphatic heterocycles. The van der Waals surface area contributed by atoms with Crippen LogP contribution in [0.2, 0.25) is 0 Å². The molecule has 1 unspecified atom stereocenters. The molecule has 0 radical (unpaired) electrons. The van der Waals surface area contributed by atoms with Crippen LogP contribution in [-0.2, 0) is 16.1 Å². The van der Waals surface area contributed by atoms with Crippen LogP contribution in [0, 0.1) is 0 Å². The molecule has 3 nitrogen and oxygen atoms in total. The molecule has 0 aromatic heterocycles. The maximum absolute atomic E-state index is 5.59. The van der Waals surface area contributed by atoms with Crippen LogP contribution in [0.5, 0.6) is 0 Å². The lowest BCUT2D eigenvalue weighted by Crippen LogP contribution is -2.32. The quantitative estimate of drug-likeness (QED) is 0.618. The molecule has 2 rings (SSSR count). The number of ether oxygens (including phenoxy) is 2. The third kappa shape index (κ3) is 3.67. The van der Waals surface area contributed by atoms with Gasteiger partial charge in [0.15, 0.2) is 0 Å². The molecule has 1 atom stereocenters. The minimum Gasteiger partial charge on any atom is -0.376 e. The third-order valence-corrected chi connectivity index (χ3v) is 2.96. The number of fused-ring (bicyclic) bond motifs is 1. The Bertz CT molecular complexity index is 403. The van der Waals surface area contributed by atoms with Gasteiger partial charge in [-0.25, -0.2) is 0 Å². The molecule has 3 heteroatoms. The van der Waals surface area contributed by atoms with Crippen LogP contribution in [0.4, 0.5) is 0 Å². The standard InChI is InChI=1S/C15H21NO2/c1-12(2)9-17-8-7-16-15-11-18-10-13-5-3-4-6-14(13)15/h3-6,15-16H,1,7-11H2,2H3. The Labute approximate surface area is 109 Å². The normalized spacial score (nSPS) is 18.4. The smallest absolute Gasteiger partial charge is 0.0721 e. The Balaban J connectivity index is 1.79. The first-order valence-electron chi connectivity index (χ1n) is 6.38. The van der Waals surface area contributed by atoms with Crippen molar-refractivity contribution >= 4 is 0 Å². The van der Waals surface area contributed by atoms with Gasteiger partial charge in [-0.15, -0.1) is 0 Å². The highest BCUT2D eigenvalue weighted by Crippen LogP contribution is 2.23. The molecular formula is C15H21NO2. The molecule has 18 heavy (non-hydrogen) atoms. The Morgan fingerprint density at radius 1 is 1.50 bits per heavy atom. The Morgan fingerprint density at radius 2 is 2.33 bits per heavy atom. The summed E-state index contributed by atoms with van der Waals surface area (Å²) >= 11 is 0. The van der Waals surface area contributed by atoms with Gasteiger partial charge in [-0.05, 0) is 18.1 Å². The molecule has 0 saturated heterocycles. The highest BCUT2D eigenvalue weighted by molar-refractivity contribution is 5.30. The predicted molar refractivity (Wildman–Crippen MR) is 72.5 cm³/mol. The van der Waals surface area contributed by atoms with Crippen LogP contribution in [0.3, 0.4) is 0 Å². The second-order valence-electron chi connectivity index (χ2n) is 4.73. The maximum atomic E-state index is 5.59. The van der Waals surface area contributed by atoms with Crippen LogP contribution in [-0.4, -0.2) is 26.4 Å². The zero-order chi connectivity index (χ0) is 12.8. The number of hydrogen-bond acceptors (Lipinski definition) is 3. The molecule has 0 saturated carbocycles. The molecule has 0 amide bonds. The van der Waals surface area contributed by atoms with Gasteiger partial charge in [0.25, 0.3) is 0 Å². The lowest BCUT2D eigenvalue weighted by atomic mass is 9.99. The van der Waals surface area contributed by atoms with Crippen LogP contribution < -0.4 is 5.32 Å². The number of hydrogen-bond donors (Lipinski definition) is 1. The van der Waals surface area contributed by atoms with E-state index in [9.17, 15) is 0 Å². The summed E-state index contributed by atoms with van der Waals surface area (Å²) < 4.78 is 11.1. The molecule has 98 valence electrons. The molecule has 0 fully saturated rings. The van der Waals surface area contributed by atoms with Crippen LogP contribution in [0.1, 0.15) is 24.1 Å². The molecule has 1 N–H and O–H groups in total. The van der Waals surface area contributed by atoms with Crippen molar-refractivity contribution in [2.75, 3.05) is 26.4 Å². The van der Waals surface area contributed by atoms with Gasteiger partial charge in [0, 0.05) is 6.54 Å². The van der Waals surface area contributed by atoms with Crippen molar-refractivity contribution in [3.05, 3.63) is 47.5 Å². The van der Waals surface area contributed by atoms with E-state index in [2.05, 4.69) is 36.2 Å². The Hall–Kier alpha value is -1.16. The molecule has 1 heterocycles. The monoisotopic (exact) mass is 247 g/mol. The molecule has 0 aliphatic carbocycles. The summed E-state index contributed by atoms with van der Waals surface area (Å²) in [6.45, 7) is 9.40. The first-order valence-corrected chi connectivity index (χ1v) is 6.38. The van der Waals surface area contributed by atoms with Crippen molar-refractivity contribution < 1.29 is 9.47 Å². The minimum absolute atomic E-state index is 0.281. The largest absolute Gasteiger partial charge is 0.376 e. The summed E-state index contributed by atoms with van der Waals surface area (Å²) in [5.41, 5.74) is 3.69. The van der Waals surface area contributed by atoms with Gasteiger partial charge in [-0.1, -0.05) is 36.4 Å². The van der Waals surface area contributed by atoms with Gasteiger partial charge >= 0.3 is 0 Å². The van der Waals surface area contributed by atoms with E-state index in [-0.39, 0.29) is 6.04 Å². The molecule has 0 bridgehead atoms. The summed E-state index contributed by atoms with van der Waals surface area (Å²) in [6, 6.07) is 8.71. The van der Waals surface area contributed by atoms with Crippen molar-refractivity contribution in [1.29, 1.82) is 0 Å². The Morgan fingerprint density at radius 3 is 3.17 bits per heavy atom. The average Bonchev–Trinajstić information content (AvgIpc) is 2.38. The van der Waals surface area contributed by atoms with Gasteiger partial charge < -0.3 is 14.8 Å². The topological polar surface area (TPSA) is 30.5 Å². The van der Waals surface area contributed by atoms with E-state index in [1.165, 1.54) is 11.1 Å². The maximum Gasteiger partial charge on any atom is 0.0721 e. The molecule has 1 aliphatic rings. The van der Waals surface area contributed by atoms with Gasteiger partial charge in [-0.3, -0.25) is 0 Å². The van der Waals surface area contributed by atoms with Crippen molar-refractivity contribution in [3.8, 4) is 0 Å². The van der Waals surface area contributed by atoms with E-state index in [0.29, 0.717) is 13.2 Å². The van der Waals surface area contributed by atoms with Gasteiger partial charge in [0.2, 0.25) is 0 Å². The highest BCUT2D eigenvalue weighted by atomic mass is 16.5. The molecule has 1 aromatic carbocycles. The fraction of sp³-hybridized carbons (Fsp3) is 0.467. The van der Waals surface area contributed by atoms with Crippen LogP contribution in [0.15, 0.2) is 36.4 Å². The highest BCUT2D eigenvalue weighted by Gasteiger charge is 2.19. The van der Waals surface area contributed by atoms with Crippen molar-refractivity contribution in [2.24, 2.45) is 0 Å². The third-order valence-electron chi connectivity index (χ3n) is 2.96. The predicted octanol–water partition coefficient (Wildman–Crippen LogP) is 2.44. The fourth-order valence-electron chi connectivity index (χ4n) is 2.10. The van der Waals surface area contributed by atoms with Gasteiger partial charge in [0.05, 0.1) is 32.5 Å². The number of rotatable bonds is 6. The number of benzene rings is 1. The van der Waals surface area contributed by atoms with E-state index in [4.69, 9.17) is 9.47 Å². The average molecular weight is 247 g/mol. The fourth-order valence-corrected chi connectivity index (χ4v) is 2.10. The molecule has 0 spiro atoms. The van der Waals surface area contributed by atoms with Crippen molar-refractivity contribution in [3.63, 3.8) is 0 Å². The first-order chi connectivity index (χ1) is 8.77. The SMILES string of the molecule is C=C(C)COCCNC1COCc2ccccc21. The zero-order valence-corrected chi connectivity index (χ0v) is 10.9. The second-order valence-corrected chi connectivity index (χ2v) is 4.73. The van der Waals surface area contributed by atoms with E-state index in [0.717, 1.165) is 25.3 Å². The summed E-state index contributed by atoms with van der Waals surface area (Å²) in [7, 11) is 0. The van der Waals surface area contributed by atoms with Crippen LogP contribution in [0.25, 0.3) is 0 Å². The molecular weight excluding hydrogens is 226 g/mol. The van der Waals surface area contributed by atoms with Gasteiger partial charge in [0.1, 0.15) is 0 Å². The first kappa shape index (κ1) is 13.3. The number of nitrogens with one attached hydrogen (secondary N) is 1. The van der Waals surface area contributed by atoms with E-state index >= 15 is 0 Å². The lowest BCUT2D eigenvalue weighted by Gasteiger charge is -2.26. The molecule has 1 aromatic rings.